The number of carbonyl (C=O) groups is 2. The van der Waals surface area contributed by atoms with Gasteiger partial charge in [-0.1, -0.05) is 6.07 Å². The van der Waals surface area contributed by atoms with E-state index in [9.17, 15) is 9.59 Å². The number of benzene rings is 2. The first-order valence-electron chi connectivity index (χ1n) is 9.13. The molecular weight excluding hydrogens is 344 g/mol. The standard InChI is InChI=1S/C21H24N2O4/c1-26-20(24)16-6-9-18(10-7-16)23-21(25)22-12-13-27-19-11-8-15-4-2-3-5-17(15)14-19/h6-11,14H,2-5,12-13H2,1H3,(H2,22,23,25). The highest BCUT2D eigenvalue weighted by Crippen LogP contribution is 2.25. The first kappa shape index (κ1) is 18.8. The lowest BCUT2D eigenvalue weighted by atomic mass is 9.92. The summed E-state index contributed by atoms with van der Waals surface area (Å²) in [5.41, 5.74) is 3.82. The summed E-state index contributed by atoms with van der Waals surface area (Å²) in [6.45, 7) is 0.788. The van der Waals surface area contributed by atoms with Gasteiger partial charge in [0.25, 0.3) is 0 Å². The first-order valence-corrected chi connectivity index (χ1v) is 9.13. The van der Waals surface area contributed by atoms with Gasteiger partial charge in [0.05, 0.1) is 19.2 Å². The third-order valence-corrected chi connectivity index (χ3v) is 4.54. The van der Waals surface area contributed by atoms with Crippen molar-refractivity contribution in [3.8, 4) is 5.75 Å². The lowest BCUT2D eigenvalue weighted by Crippen LogP contribution is -2.32. The number of hydrogen-bond donors (Lipinski definition) is 2. The number of urea groups is 1. The summed E-state index contributed by atoms with van der Waals surface area (Å²) in [6, 6.07) is 12.4. The average molecular weight is 368 g/mol. The number of carbonyl (C=O) groups excluding carboxylic acids is 2. The van der Waals surface area contributed by atoms with Crippen LogP contribution in [0.15, 0.2) is 42.5 Å². The Morgan fingerprint density at radius 1 is 1.00 bits per heavy atom. The SMILES string of the molecule is COC(=O)c1ccc(NC(=O)NCCOc2ccc3c(c2)CCCC3)cc1. The number of anilines is 1. The van der Waals surface area contributed by atoms with Crippen molar-refractivity contribution in [2.75, 3.05) is 25.6 Å². The molecule has 6 nitrogen and oxygen atoms in total. The summed E-state index contributed by atoms with van der Waals surface area (Å²) < 4.78 is 10.4. The molecule has 27 heavy (non-hydrogen) atoms. The van der Waals surface area contributed by atoms with Crippen molar-refractivity contribution in [1.29, 1.82) is 0 Å². The van der Waals surface area contributed by atoms with E-state index in [1.807, 2.05) is 6.07 Å². The number of hydrogen-bond acceptors (Lipinski definition) is 4. The van der Waals surface area contributed by atoms with Gasteiger partial charge < -0.3 is 20.1 Å². The molecule has 2 aromatic rings. The van der Waals surface area contributed by atoms with Crippen molar-refractivity contribution in [3.05, 3.63) is 59.2 Å². The van der Waals surface area contributed by atoms with Crippen LogP contribution in [0.25, 0.3) is 0 Å². The normalized spacial score (nSPS) is 12.6. The van der Waals surface area contributed by atoms with Crippen LogP contribution < -0.4 is 15.4 Å². The molecule has 2 N–H and O–H groups in total. The van der Waals surface area contributed by atoms with Gasteiger partial charge in [0.15, 0.2) is 0 Å². The number of methoxy groups -OCH3 is 1. The summed E-state index contributed by atoms with van der Waals surface area (Å²) in [5.74, 6) is 0.432. The lowest BCUT2D eigenvalue weighted by molar-refractivity contribution is 0.0600. The zero-order valence-corrected chi connectivity index (χ0v) is 15.4. The van der Waals surface area contributed by atoms with Gasteiger partial charge in [0, 0.05) is 5.69 Å². The number of esters is 1. The van der Waals surface area contributed by atoms with Gasteiger partial charge in [0.2, 0.25) is 0 Å². The Labute approximate surface area is 158 Å². The molecule has 0 atom stereocenters. The molecule has 0 radical (unpaired) electrons. The number of fused-ring (bicyclic) bond motifs is 1. The maximum Gasteiger partial charge on any atom is 0.337 e. The minimum atomic E-state index is -0.412. The van der Waals surface area contributed by atoms with Crippen LogP contribution in [0.3, 0.4) is 0 Å². The highest BCUT2D eigenvalue weighted by Gasteiger charge is 2.10. The Kier molecular flexibility index (Phi) is 6.30. The van der Waals surface area contributed by atoms with E-state index in [1.54, 1.807) is 24.3 Å². The molecule has 142 valence electrons. The molecule has 6 heteroatoms. The van der Waals surface area contributed by atoms with Crippen LogP contribution in [0.2, 0.25) is 0 Å². The summed E-state index contributed by atoms with van der Waals surface area (Å²) in [4.78, 5) is 23.3. The molecule has 0 aliphatic heterocycles. The van der Waals surface area contributed by atoms with E-state index in [4.69, 9.17) is 4.74 Å². The van der Waals surface area contributed by atoms with Gasteiger partial charge in [0.1, 0.15) is 12.4 Å². The quantitative estimate of drug-likeness (QED) is 0.604. The molecule has 0 unspecified atom stereocenters. The van der Waals surface area contributed by atoms with Crippen molar-refractivity contribution in [2.24, 2.45) is 0 Å². The van der Waals surface area contributed by atoms with Crippen LogP contribution in [0.5, 0.6) is 5.75 Å². The third kappa shape index (κ3) is 5.23. The first-order chi connectivity index (χ1) is 13.2. The molecule has 3 rings (SSSR count). The molecule has 1 aliphatic carbocycles. The fourth-order valence-electron chi connectivity index (χ4n) is 3.12. The second-order valence-electron chi connectivity index (χ2n) is 6.44. The summed E-state index contributed by atoms with van der Waals surface area (Å²) >= 11 is 0. The topological polar surface area (TPSA) is 76.7 Å². The zero-order valence-electron chi connectivity index (χ0n) is 15.4. The molecule has 0 bridgehead atoms. The van der Waals surface area contributed by atoms with Crippen molar-refractivity contribution in [3.63, 3.8) is 0 Å². The fraction of sp³-hybridized carbons (Fsp3) is 0.333. The van der Waals surface area contributed by atoms with E-state index in [0.717, 1.165) is 18.6 Å². The van der Waals surface area contributed by atoms with Crippen LogP contribution >= 0.6 is 0 Å². The van der Waals surface area contributed by atoms with Crippen LogP contribution in [0.4, 0.5) is 10.5 Å². The van der Waals surface area contributed by atoms with Crippen molar-refractivity contribution >= 4 is 17.7 Å². The Hall–Kier alpha value is -3.02. The molecule has 0 spiro atoms. The second-order valence-corrected chi connectivity index (χ2v) is 6.44. The molecule has 0 fully saturated rings. The van der Waals surface area contributed by atoms with Crippen LogP contribution in [-0.2, 0) is 17.6 Å². The molecule has 2 aromatic carbocycles. The Bertz CT molecular complexity index is 802. The monoisotopic (exact) mass is 368 g/mol. The fourth-order valence-corrected chi connectivity index (χ4v) is 3.12. The largest absolute Gasteiger partial charge is 0.492 e. The number of nitrogens with one attached hydrogen (secondary N) is 2. The molecule has 0 aromatic heterocycles. The summed E-state index contributed by atoms with van der Waals surface area (Å²) in [7, 11) is 1.33. The van der Waals surface area contributed by atoms with E-state index < -0.39 is 5.97 Å². The third-order valence-electron chi connectivity index (χ3n) is 4.54. The Morgan fingerprint density at radius 2 is 1.74 bits per heavy atom. The Balaban J connectivity index is 1.40. The van der Waals surface area contributed by atoms with Gasteiger partial charge in [-0.3, -0.25) is 0 Å². The van der Waals surface area contributed by atoms with E-state index in [1.165, 1.54) is 31.1 Å². The summed E-state index contributed by atoms with van der Waals surface area (Å²) in [5, 5.41) is 5.45. The highest BCUT2D eigenvalue weighted by molar-refractivity contribution is 5.92. The Morgan fingerprint density at radius 3 is 2.48 bits per heavy atom. The molecule has 0 saturated heterocycles. The van der Waals surface area contributed by atoms with Gasteiger partial charge in [-0.25, -0.2) is 9.59 Å². The average Bonchev–Trinajstić information content (AvgIpc) is 2.71. The molecule has 0 heterocycles. The van der Waals surface area contributed by atoms with E-state index in [0.29, 0.717) is 24.4 Å². The van der Waals surface area contributed by atoms with E-state index in [-0.39, 0.29) is 6.03 Å². The minimum absolute atomic E-state index is 0.324. The number of ether oxygens (including phenoxy) is 2. The maximum absolute atomic E-state index is 11.9. The van der Waals surface area contributed by atoms with Gasteiger partial charge in [-0.15, -0.1) is 0 Å². The molecule has 1 aliphatic rings. The molecular formula is C21H24N2O4. The van der Waals surface area contributed by atoms with Crippen molar-refractivity contribution in [2.45, 2.75) is 25.7 Å². The predicted molar refractivity (Wildman–Crippen MR) is 103 cm³/mol. The number of amides is 2. The number of aryl methyl sites for hydroxylation is 2. The van der Waals surface area contributed by atoms with Crippen molar-refractivity contribution < 1.29 is 19.1 Å². The van der Waals surface area contributed by atoms with Gasteiger partial charge in [-0.05, 0) is 73.2 Å². The zero-order chi connectivity index (χ0) is 19.1. The second kappa shape index (κ2) is 9.07. The van der Waals surface area contributed by atoms with Gasteiger partial charge in [-0.2, -0.15) is 0 Å². The number of rotatable bonds is 6. The molecule has 2 amide bonds. The minimum Gasteiger partial charge on any atom is -0.492 e. The highest BCUT2D eigenvalue weighted by atomic mass is 16.5. The van der Waals surface area contributed by atoms with Gasteiger partial charge >= 0.3 is 12.0 Å². The van der Waals surface area contributed by atoms with Crippen LogP contribution in [-0.4, -0.2) is 32.3 Å². The van der Waals surface area contributed by atoms with E-state index >= 15 is 0 Å². The van der Waals surface area contributed by atoms with Crippen LogP contribution in [0, 0.1) is 0 Å². The predicted octanol–water partition coefficient (Wildman–Crippen LogP) is 3.55. The molecule has 0 saturated carbocycles. The smallest absolute Gasteiger partial charge is 0.337 e. The van der Waals surface area contributed by atoms with E-state index in [2.05, 4.69) is 27.5 Å². The summed E-state index contributed by atoms with van der Waals surface area (Å²) in [6.07, 6.45) is 4.76. The lowest BCUT2D eigenvalue weighted by Gasteiger charge is -2.17. The van der Waals surface area contributed by atoms with Crippen molar-refractivity contribution in [1.82, 2.24) is 5.32 Å². The van der Waals surface area contributed by atoms with Crippen LogP contribution in [0.1, 0.15) is 34.3 Å². The maximum atomic E-state index is 11.9.